The molecule has 2 nitrogen and oxygen atoms in total. The van der Waals surface area contributed by atoms with Gasteiger partial charge in [-0.15, -0.1) is 13.2 Å². The van der Waals surface area contributed by atoms with Crippen molar-refractivity contribution < 1.29 is 53.4 Å². The van der Waals surface area contributed by atoms with Crippen LogP contribution in [0.25, 0.3) is 11.1 Å². The standard InChI is InChI=1S/C33H22F10O2/c1-2-3-4-5-20-10-13-24(25(34)14-20)22-11-8-19(9-12-22)6-7-21-15-26(35)30(27(36)16-21)32(39,40)44-23-17-28(37)31(29(38)18-23)45-33(41,42)43/h8-18H,2-5H2,1H3. The van der Waals surface area contributed by atoms with Crippen LogP contribution in [0.2, 0.25) is 0 Å². The van der Waals surface area contributed by atoms with E-state index in [0.717, 1.165) is 31.2 Å². The van der Waals surface area contributed by atoms with Crippen molar-refractivity contribution in [2.45, 2.75) is 45.1 Å². The Balaban J connectivity index is 1.50. The Bertz CT molecular complexity index is 1690. The number of hydrogen-bond donors (Lipinski definition) is 0. The van der Waals surface area contributed by atoms with E-state index in [4.69, 9.17) is 0 Å². The number of unbranched alkanes of at least 4 members (excludes halogenated alkanes) is 2. The maximum Gasteiger partial charge on any atom is 0.573 e. The summed E-state index contributed by atoms with van der Waals surface area (Å²) in [7, 11) is 0. The molecule has 4 rings (SSSR count). The van der Waals surface area contributed by atoms with Crippen LogP contribution in [0.1, 0.15) is 48.4 Å². The van der Waals surface area contributed by atoms with E-state index in [2.05, 4.69) is 28.2 Å². The molecular formula is C33H22F10O2. The number of ether oxygens (including phenoxy) is 2. The van der Waals surface area contributed by atoms with Crippen molar-refractivity contribution in [2.75, 3.05) is 0 Å². The second-order valence-corrected chi connectivity index (χ2v) is 9.80. The zero-order chi connectivity index (χ0) is 32.9. The molecule has 45 heavy (non-hydrogen) atoms. The first-order valence-electron chi connectivity index (χ1n) is 13.4. The minimum absolute atomic E-state index is 0.0724. The van der Waals surface area contributed by atoms with Gasteiger partial charge in [-0.2, -0.15) is 8.78 Å². The predicted molar refractivity (Wildman–Crippen MR) is 145 cm³/mol. The third-order valence-electron chi connectivity index (χ3n) is 6.42. The van der Waals surface area contributed by atoms with E-state index < -0.39 is 58.6 Å². The molecule has 0 amide bonds. The Morgan fingerprint density at radius 1 is 0.622 bits per heavy atom. The van der Waals surface area contributed by atoms with Crippen LogP contribution in [0.5, 0.6) is 11.5 Å². The molecular weight excluding hydrogens is 618 g/mol. The average molecular weight is 641 g/mol. The first kappa shape index (κ1) is 33.2. The molecule has 4 aromatic carbocycles. The second-order valence-electron chi connectivity index (χ2n) is 9.80. The van der Waals surface area contributed by atoms with E-state index in [-0.39, 0.29) is 17.7 Å². The molecule has 0 atom stereocenters. The maximum atomic E-state index is 14.7. The van der Waals surface area contributed by atoms with E-state index >= 15 is 0 Å². The zero-order valence-electron chi connectivity index (χ0n) is 23.3. The van der Waals surface area contributed by atoms with E-state index in [9.17, 15) is 43.9 Å². The number of halogens is 10. The lowest BCUT2D eigenvalue weighted by Crippen LogP contribution is -2.25. The SMILES string of the molecule is CCCCCc1ccc(-c2ccc(C#Cc3cc(F)c(C(F)(F)Oc4cc(F)c(OC(F)(F)F)c(F)c4)c(F)c3)cc2)c(F)c1. The molecule has 4 aromatic rings. The highest BCUT2D eigenvalue weighted by molar-refractivity contribution is 5.65. The van der Waals surface area contributed by atoms with E-state index in [1.54, 1.807) is 18.2 Å². The first-order valence-corrected chi connectivity index (χ1v) is 13.4. The van der Waals surface area contributed by atoms with E-state index in [0.29, 0.717) is 28.8 Å². The van der Waals surface area contributed by atoms with Crippen molar-refractivity contribution in [1.82, 2.24) is 0 Å². The van der Waals surface area contributed by atoms with Crippen LogP contribution < -0.4 is 9.47 Å². The number of alkyl halides is 5. The Hall–Kier alpha value is -4.66. The minimum atomic E-state index is -5.49. The van der Waals surface area contributed by atoms with Crippen molar-refractivity contribution >= 4 is 0 Å². The molecule has 0 aliphatic rings. The Morgan fingerprint density at radius 3 is 1.78 bits per heavy atom. The lowest BCUT2D eigenvalue weighted by atomic mass is 9.99. The van der Waals surface area contributed by atoms with Gasteiger partial charge in [0.05, 0.1) is 0 Å². The highest BCUT2D eigenvalue weighted by Gasteiger charge is 2.42. The number of benzene rings is 4. The molecule has 12 heteroatoms. The molecule has 0 aromatic heterocycles. The highest BCUT2D eigenvalue weighted by atomic mass is 19.4. The summed E-state index contributed by atoms with van der Waals surface area (Å²) in [5.41, 5.74) is -0.123. The largest absolute Gasteiger partial charge is 0.573 e. The van der Waals surface area contributed by atoms with Gasteiger partial charge in [0, 0.05) is 28.8 Å². The second kappa shape index (κ2) is 13.5. The summed E-state index contributed by atoms with van der Waals surface area (Å²) in [6.07, 6.45) is -6.52. The van der Waals surface area contributed by atoms with Gasteiger partial charge >= 0.3 is 12.5 Å². The molecule has 236 valence electrons. The Labute approximate surface area is 251 Å². The molecule has 0 aliphatic carbocycles. The van der Waals surface area contributed by atoms with Crippen LogP contribution in [-0.4, -0.2) is 6.36 Å². The lowest BCUT2D eigenvalue weighted by molar-refractivity contribution is -0.276. The molecule has 0 fully saturated rings. The summed E-state index contributed by atoms with van der Waals surface area (Å²) >= 11 is 0. The summed E-state index contributed by atoms with van der Waals surface area (Å²) in [5.74, 6) is -6.45. The van der Waals surface area contributed by atoms with Gasteiger partial charge in [0.1, 0.15) is 28.8 Å². The van der Waals surface area contributed by atoms with Crippen molar-refractivity contribution in [3.05, 3.63) is 118 Å². The van der Waals surface area contributed by atoms with Crippen molar-refractivity contribution in [3.63, 3.8) is 0 Å². The zero-order valence-corrected chi connectivity index (χ0v) is 23.3. The summed E-state index contributed by atoms with van der Waals surface area (Å²) in [5, 5.41) is 0. The molecule has 0 aliphatic heterocycles. The van der Waals surface area contributed by atoms with Crippen LogP contribution in [0.4, 0.5) is 43.9 Å². The summed E-state index contributed by atoms with van der Waals surface area (Å²) < 4.78 is 145. The number of rotatable bonds is 9. The molecule has 0 N–H and O–H groups in total. The van der Waals surface area contributed by atoms with Gasteiger partial charge in [-0.1, -0.05) is 55.9 Å². The maximum absolute atomic E-state index is 14.7. The van der Waals surface area contributed by atoms with Crippen molar-refractivity contribution in [3.8, 4) is 34.5 Å². The van der Waals surface area contributed by atoms with Gasteiger partial charge in [0.2, 0.25) is 5.75 Å². The van der Waals surface area contributed by atoms with Crippen LogP contribution in [0.3, 0.4) is 0 Å². The quantitative estimate of drug-likeness (QED) is 0.103. The summed E-state index contributed by atoms with van der Waals surface area (Å²) in [6, 6.07) is 12.0. The summed E-state index contributed by atoms with van der Waals surface area (Å²) in [6.45, 7) is 2.08. The highest BCUT2D eigenvalue weighted by Crippen LogP contribution is 2.38. The van der Waals surface area contributed by atoms with Gasteiger partial charge in [-0.25, -0.2) is 22.0 Å². The molecule has 0 saturated heterocycles. The van der Waals surface area contributed by atoms with Crippen LogP contribution in [0.15, 0.2) is 66.7 Å². The van der Waals surface area contributed by atoms with Crippen LogP contribution >= 0.6 is 0 Å². The molecule has 0 spiro atoms. The molecule has 0 radical (unpaired) electrons. The predicted octanol–water partition coefficient (Wildman–Crippen LogP) is 10.2. The molecule has 0 heterocycles. The fourth-order valence-electron chi connectivity index (χ4n) is 4.34. The smallest absolute Gasteiger partial charge is 0.429 e. The van der Waals surface area contributed by atoms with E-state index in [1.165, 1.54) is 18.2 Å². The average Bonchev–Trinajstić information content (AvgIpc) is 2.93. The lowest BCUT2D eigenvalue weighted by Gasteiger charge is -2.20. The topological polar surface area (TPSA) is 18.5 Å². The third-order valence-corrected chi connectivity index (χ3v) is 6.42. The summed E-state index contributed by atoms with van der Waals surface area (Å²) in [4.78, 5) is 0. The monoisotopic (exact) mass is 640 g/mol. The minimum Gasteiger partial charge on any atom is -0.429 e. The van der Waals surface area contributed by atoms with Gasteiger partial charge in [-0.3, -0.25) is 0 Å². The van der Waals surface area contributed by atoms with Crippen molar-refractivity contribution in [1.29, 1.82) is 0 Å². The third kappa shape index (κ3) is 8.50. The molecule has 0 bridgehead atoms. The number of aryl methyl sites for hydroxylation is 1. The van der Waals surface area contributed by atoms with Crippen LogP contribution in [-0.2, 0) is 12.5 Å². The van der Waals surface area contributed by atoms with Gasteiger partial charge in [0.25, 0.3) is 0 Å². The Kier molecular flexibility index (Phi) is 10.0. The fourth-order valence-corrected chi connectivity index (χ4v) is 4.34. The normalized spacial score (nSPS) is 11.6. The van der Waals surface area contributed by atoms with Gasteiger partial charge < -0.3 is 9.47 Å². The van der Waals surface area contributed by atoms with Gasteiger partial charge in [-0.05, 0) is 54.3 Å². The van der Waals surface area contributed by atoms with Crippen molar-refractivity contribution in [2.24, 2.45) is 0 Å². The van der Waals surface area contributed by atoms with E-state index in [1.807, 2.05) is 6.07 Å². The first-order chi connectivity index (χ1) is 21.2. The van der Waals surface area contributed by atoms with Gasteiger partial charge in [0.15, 0.2) is 11.6 Å². The molecule has 0 unspecified atom stereocenters. The Morgan fingerprint density at radius 2 is 1.22 bits per heavy atom. The fraction of sp³-hybridized carbons (Fsp3) is 0.212. The van der Waals surface area contributed by atoms with Crippen LogP contribution in [0, 0.1) is 40.9 Å². The molecule has 0 saturated carbocycles. The number of hydrogen-bond acceptors (Lipinski definition) is 2.